The summed E-state index contributed by atoms with van der Waals surface area (Å²) in [4.78, 5) is 49.9. The zero-order chi connectivity index (χ0) is 24.4. The van der Waals surface area contributed by atoms with Crippen LogP contribution in [0.25, 0.3) is 0 Å². The van der Waals surface area contributed by atoms with Crippen LogP contribution in [0, 0.1) is 23.7 Å². The number of amides is 3. The van der Waals surface area contributed by atoms with Crippen molar-refractivity contribution < 1.29 is 19.2 Å². The van der Waals surface area contributed by atoms with Crippen molar-refractivity contribution in [3.05, 3.63) is 35.9 Å². The highest BCUT2D eigenvalue weighted by Crippen LogP contribution is 2.22. The molecule has 0 aliphatic carbocycles. The van der Waals surface area contributed by atoms with E-state index >= 15 is 0 Å². The first-order valence-corrected chi connectivity index (χ1v) is 12.1. The lowest BCUT2D eigenvalue weighted by Gasteiger charge is -2.25. The van der Waals surface area contributed by atoms with Crippen molar-refractivity contribution in [1.29, 1.82) is 0 Å². The van der Waals surface area contributed by atoms with Gasteiger partial charge in [0, 0.05) is 18.4 Å². The second-order valence-electron chi connectivity index (χ2n) is 9.68. The second kappa shape index (κ2) is 13.1. The number of hydrogen-bond donors (Lipinski definition) is 3. The second-order valence-corrected chi connectivity index (χ2v) is 9.68. The Kier molecular flexibility index (Phi) is 10.6. The summed E-state index contributed by atoms with van der Waals surface area (Å²) in [5.41, 5.74) is 1.08. The summed E-state index contributed by atoms with van der Waals surface area (Å²) in [7, 11) is 0. The Morgan fingerprint density at radius 1 is 1.15 bits per heavy atom. The fraction of sp³-hybridized carbons (Fsp3) is 0.615. The van der Waals surface area contributed by atoms with Gasteiger partial charge in [-0.15, -0.1) is 0 Å². The maximum absolute atomic E-state index is 13.1. The normalized spacial score (nSPS) is 20.6. The zero-order valence-electron chi connectivity index (χ0n) is 20.3. The van der Waals surface area contributed by atoms with Crippen LogP contribution in [0.4, 0.5) is 0 Å². The van der Waals surface area contributed by atoms with Crippen molar-refractivity contribution in [3.63, 3.8) is 0 Å². The van der Waals surface area contributed by atoms with Crippen LogP contribution >= 0.6 is 0 Å². The molecule has 1 aliphatic heterocycles. The molecule has 0 spiro atoms. The molecule has 7 nitrogen and oxygen atoms in total. The number of aldehydes is 1. The quantitative estimate of drug-likeness (QED) is 0.396. The fourth-order valence-electron chi connectivity index (χ4n) is 4.40. The average Bonchev–Trinajstić information content (AvgIpc) is 3.10. The van der Waals surface area contributed by atoms with Gasteiger partial charge in [0.15, 0.2) is 0 Å². The predicted octanol–water partition coefficient (Wildman–Crippen LogP) is 2.63. The molecule has 2 rings (SSSR count). The lowest BCUT2D eigenvalue weighted by molar-refractivity contribution is -0.132. The lowest BCUT2D eigenvalue weighted by Crippen LogP contribution is -2.52. The third-order valence-corrected chi connectivity index (χ3v) is 6.29. The minimum atomic E-state index is -0.767. The topological polar surface area (TPSA) is 104 Å². The molecule has 1 aliphatic rings. The summed E-state index contributed by atoms with van der Waals surface area (Å²) in [6, 6.07) is 8.36. The van der Waals surface area contributed by atoms with Crippen molar-refractivity contribution >= 4 is 24.0 Å². The molecule has 1 fully saturated rings. The van der Waals surface area contributed by atoms with Crippen LogP contribution in [0.15, 0.2) is 30.3 Å². The SMILES string of the molecule is CCC[C@H](Cc1ccccc1)C(=O)NC(CC(C)C)C(=O)N[C@H](C=O)CC1C(=O)NCC1C. The van der Waals surface area contributed by atoms with Gasteiger partial charge in [-0.1, -0.05) is 64.4 Å². The Bertz CT molecular complexity index is 796. The maximum Gasteiger partial charge on any atom is 0.243 e. The van der Waals surface area contributed by atoms with E-state index in [4.69, 9.17) is 0 Å². The molecule has 5 atom stereocenters. The summed E-state index contributed by atoms with van der Waals surface area (Å²) >= 11 is 0. The standard InChI is InChI=1S/C26H39N3O4/c1-5-9-20(13-19-10-7-6-8-11-19)24(31)29-23(12-17(2)3)26(33)28-21(16-30)14-22-18(4)15-27-25(22)32/h6-8,10-11,16-18,20-23H,5,9,12-15H2,1-4H3,(H,27,32)(H,28,33)(H,29,31)/t18?,20-,21+,22?,23?/m1/s1. The van der Waals surface area contributed by atoms with E-state index in [1.165, 1.54) is 0 Å². The molecule has 1 saturated heterocycles. The van der Waals surface area contributed by atoms with E-state index in [1.807, 2.05) is 58.0 Å². The van der Waals surface area contributed by atoms with Crippen molar-refractivity contribution in [2.75, 3.05) is 6.54 Å². The monoisotopic (exact) mass is 457 g/mol. The number of nitrogens with one attached hydrogen (secondary N) is 3. The number of carbonyl (C=O) groups excluding carboxylic acids is 4. The molecule has 182 valence electrons. The van der Waals surface area contributed by atoms with Crippen molar-refractivity contribution in [3.8, 4) is 0 Å². The first-order valence-electron chi connectivity index (χ1n) is 12.1. The fourth-order valence-corrected chi connectivity index (χ4v) is 4.40. The molecule has 0 aromatic heterocycles. The van der Waals surface area contributed by atoms with Gasteiger partial charge in [-0.25, -0.2) is 0 Å². The summed E-state index contributed by atoms with van der Waals surface area (Å²) < 4.78 is 0. The molecule has 1 aromatic rings. The minimum absolute atomic E-state index is 0.0843. The molecule has 33 heavy (non-hydrogen) atoms. The molecule has 7 heteroatoms. The Morgan fingerprint density at radius 3 is 2.39 bits per heavy atom. The summed E-state index contributed by atoms with van der Waals surface area (Å²) in [5.74, 6) is -0.865. The molecule has 3 unspecified atom stereocenters. The summed E-state index contributed by atoms with van der Waals surface area (Å²) in [6.45, 7) is 8.55. The van der Waals surface area contributed by atoms with Crippen LogP contribution in [-0.4, -0.2) is 42.6 Å². The van der Waals surface area contributed by atoms with E-state index in [0.717, 1.165) is 18.4 Å². The summed E-state index contributed by atoms with van der Waals surface area (Å²) in [6.07, 6.45) is 3.61. The molecular weight excluding hydrogens is 418 g/mol. The first kappa shape index (κ1) is 26.6. The van der Waals surface area contributed by atoms with Gasteiger partial charge in [0.25, 0.3) is 0 Å². The highest BCUT2D eigenvalue weighted by molar-refractivity contribution is 5.90. The summed E-state index contributed by atoms with van der Waals surface area (Å²) in [5, 5.41) is 8.51. The average molecular weight is 458 g/mol. The molecule has 1 heterocycles. The van der Waals surface area contributed by atoms with Crippen molar-refractivity contribution in [2.24, 2.45) is 23.7 Å². The van der Waals surface area contributed by atoms with E-state index in [-0.39, 0.29) is 47.8 Å². The van der Waals surface area contributed by atoms with Gasteiger partial charge in [0.1, 0.15) is 12.3 Å². The predicted molar refractivity (Wildman–Crippen MR) is 128 cm³/mol. The Morgan fingerprint density at radius 2 is 1.85 bits per heavy atom. The van der Waals surface area contributed by atoms with Crippen LogP contribution < -0.4 is 16.0 Å². The minimum Gasteiger partial charge on any atom is -0.356 e. The van der Waals surface area contributed by atoms with Crippen molar-refractivity contribution in [2.45, 2.75) is 71.9 Å². The van der Waals surface area contributed by atoms with Crippen LogP contribution in [0.1, 0.15) is 58.9 Å². The van der Waals surface area contributed by atoms with Crippen LogP contribution in [0.3, 0.4) is 0 Å². The molecule has 1 aromatic carbocycles. The van der Waals surface area contributed by atoms with Gasteiger partial charge < -0.3 is 20.7 Å². The highest BCUT2D eigenvalue weighted by atomic mass is 16.2. The highest BCUT2D eigenvalue weighted by Gasteiger charge is 2.34. The number of rotatable bonds is 13. The smallest absolute Gasteiger partial charge is 0.243 e. The third kappa shape index (κ3) is 8.30. The maximum atomic E-state index is 13.1. The van der Waals surface area contributed by atoms with Gasteiger partial charge in [0.05, 0.1) is 6.04 Å². The Labute approximate surface area is 197 Å². The van der Waals surface area contributed by atoms with Gasteiger partial charge in [-0.2, -0.15) is 0 Å². The van der Waals surface area contributed by atoms with E-state index in [1.54, 1.807) is 0 Å². The number of hydrogen-bond acceptors (Lipinski definition) is 4. The van der Waals surface area contributed by atoms with E-state index in [0.29, 0.717) is 25.7 Å². The number of benzene rings is 1. The van der Waals surface area contributed by atoms with E-state index in [9.17, 15) is 19.2 Å². The van der Waals surface area contributed by atoms with Gasteiger partial charge in [-0.3, -0.25) is 14.4 Å². The van der Waals surface area contributed by atoms with E-state index in [2.05, 4.69) is 16.0 Å². The van der Waals surface area contributed by atoms with Gasteiger partial charge in [0.2, 0.25) is 17.7 Å². The molecule has 0 saturated carbocycles. The van der Waals surface area contributed by atoms with Gasteiger partial charge in [-0.05, 0) is 43.1 Å². The van der Waals surface area contributed by atoms with Gasteiger partial charge >= 0.3 is 0 Å². The number of carbonyl (C=O) groups is 4. The largest absolute Gasteiger partial charge is 0.356 e. The Balaban J connectivity index is 2.06. The van der Waals surface area contributed by atoms with Crippen molar-refractivity contribution in [1.82, 2.24) is 16.0 Å². The Hall–Kier alpha value is -2.70. The van der Waals surface area contributed by atoms with Crippen LogP contribution in [-0.2, 0) is 25.6 Å². The third-order valence-electron chi connectivity index (χ3n) is 6.29. The molecular formula is C26H39N3O4. The molecule has 3 amide bonds. The zero-order valence-corrected chi connectivity index (χ0v) is 20.3. The van der Waals surface area contributed by atoms with Crippen LogP contribution in [0.5, 0.6) is 0 Å². The molecule has 3 N–H and O–H groups in total. The van der Waals surface area contributed by atoms with Crippen LogP contribution in [0.2, 0.25) is 0 Å². The first-order chi connectivity index (χ1) is 15.7. The lowest BCUT2D eigenvalue weighted by atomic mass is 9.90. The molecule has 0 bridgehead atoms. The van der Waals surface area contributed by atoms with E-state index < -0.39 is 12.1 Å². The molecule has 0 radical (unpaired) electrons.